The molecular formula is C14H12N8S. The molecule has 23 heavy (non-hydrogen) atoms. The van der Waals surface area contributed by atoms with E-state index in [9.17, 15) is 0 Å². The van der Waals surface area contributed by atoms with Crippen molar-refractivity contribution in [2.75, 3.05) is 7.05 Å². The first-order valence-electron chi connectivity index (χ1n) is 6.57. The minimum absolute atomic E-state index is 0.625. The molecule has 0 saturated carbocycles. The molecule has 8 nitrogen and oxygen atoms in total. The van der Waals surface area contributed by atoms with Crippen molar-refractivity contribution in [1.82, 2.24) is 18.9 Å². The zero-order valence-electron chi connectivity index (χ0n) is 12.2. The third kappa shape index (κ3) is 2.79. The fourth-order valence-electron chi connectivity index (χ4n) is 2.10. The van der Waals surface area contributed by atoms with E-state index in [2.05, 4.69) is 19.5 Å². The fourth-order valence-corrected chi connectivity index (χ4v) is 2.56. The molecule has 114 valence electrons. The van der Waals surface area contributed by atoms with Gasteiger partial charge in [-0.2, -0.15) is 10.4 Å². The van der Waals surface area contributed by atoms with Crippen LogP contribution in [0.15, 0.2) is 40.3 Å². The van der Waals surface area contributed by atoms with Gasteiger partial charge in [-0.15, -0.1) is 0 Å². The van der Waals surface area contributed by atoms with Gasteiger partial charge < -0.3 is 5.73 Å². The smallest absolute Gasteiger partial charge is 0.196 e. The number of fused-ring (bicyclic) bond motifs is 1. The maximum atomic E-state index is 9.04. The molecule has 3 heterocycles. The van der Waals surface area contributed by atoms with Gasteiger partial charge in [0.2, 0.25) is 0 Å². The van der Waals surface area contributed by atoms with Crippen LogP contribution in [0.5, 0.6) is 0 Å². The SMILES string of the molecule is CN=CC(=CN)c1cn2nccc2c(C2=CN(C#N)SN=C2)n1. The van der Waals surface area contributed by atoms with Crippen LogP contribution in [-0.2, 0) is 0 Å². The zero-order chi connectivity index (χ0) is 16.2. The summed E-state index contributed by atoms with van der Waals surface area (Å²) in [5.41, 5.74) is 9.14. The zero-order valence-corrected chi connectivity index (χ0v) is 13.0. The van der Waals surface area contributed by atoms with Gasteiger partial charge in [0.25, 0.3) is 0 Å². The third-order valence-corrected chi connectivity index (χ3v) is 3.65. The van der Waals surface area contributed by atoms with Gasteiger partial charge in [0.15, 0.2) is 6.19 Å². The highest BCUT2D eigenvalue weighted by molar-refractivity contribution is 7.96. The highest BCUT2D eigenvalue weighted by atomic mass is 32.2. The fraction of sp³-hybridized carbons (Fsp3) is 0.0714. The Hall–Kier alpha value is -3.12. The van der Waals surface area contributed by atoms with Crippen LogP contribution < -0.4 is 5.73 Å². The molecular weight excluding hydrogens is 312 g/mol. The quantitative estimate of drug-likeness (QED) is 0.521. The largest absolute Gasteiger partial charge is 0.404 e. The first-order valence-corrected chi connectivity index (χ1v) is 7.30. The molecule has 0 aromatic carbocycles. The Morgan fingerprint density at radius 1 is 1.52 bits per heavy atom. The summed E-state index contributed by atoms with van der Waals surface area (Å²) in [6, 6.07) is 1.85. The molecule has 1 aliphatic heterocycles. The van der Waals surface area contributed by atoms with E-state index in [1.165, 1.54) is 10.5 Å². The second kappa shape index (κ2) is 6.33. The van der Waals surface area contributed by atoms with Crippen molar-refractivity contribution in [3.8, 4) is 6.19 Å². The number of hydrogen-bond donors (Lipinski definition) is 1. The molecule has 0 fully saturated rings. The van der Waals surface area contributed by atoms with E-state index in [-0.39, 0.29) is 0 Å². The van der Waals surface area contributed by atoms with Gasteiger partial charge in [-0.05, 0) is 6.07 Å². The normalized spacial score (nSPS) is 15.2. The van der Waals surface area contributed by atoms with Crippen molar-refractivity contribution in [2.24, 2.45) is 15.1 Å². The molecule has 3 rings (SSSR count). The Kier molecular flexibility index (Phi) is 4.07. The molecule has 0 spiro atoms. The van der Waals surface area contributed by atoms with Gasteiger partial charge in [-0.1, -0.05) is 0 Å². The van der Waals surface area contributed by atoms with Crippen LogP contribution in [0, 0.1) is 11.5 Å². The lowest BCUT2D eigenvalue weighted by Crippen LogP contribution is -2.08. The van der Waals surface area contributed by atoms with Gasteiger partial charge in [-0.25, -0.2) is 18.2 Å². The molecule has 0 saturated heterocycles. The van der Waals surface area contributed by atoms with Crippen LogP contribution in [-0.4, -0.2) is 38.4 Å². The number of aliphatic imine (C=N–C) groups is 1. The first-order chi connectivity index (χ1) is 11.3. The Balaban J connectivity index is 2.20. The molecule has 0 amide bonds. The average Bonchev–Trinajstić information content (AvgIpc) is 3.07. The van der Waals surface area contributed by atoms with Crippen molar-refractivity contribution in [2.45, 2.75) is 0 Å². The van der Waals surface area contributed by atoms with Crippen molar-refractivity contribution in [3.05, 3.63) is 42.2 Å². The number of rotatable bonds is 3. The summed E-state index contributed by atoms with van der Waals surface area (Å²) in [4.78, 5) is 8.63. The molecule has 0 radical (unpaired) electrons. The first kappa shape index (κ1) is 14.8. The van der Waals surface area contributed by atoms with Gasteiger partial charge in [0.1, 0.15) is 12.1 Å². The van der Waals surface area contributed by atoms with E-state index in [4.69, 9.17) is 11.0 Å². The van der Waals surface area contributed by atoms with Gasteiger partial charge in [-0.3, -0.25) is 4.99 Å². The van der Waals surface area contributed by atoms with Crippen molar-refractivity contribution < 1.29 is 0 Å². The van der Waals surface area contributed by atoms with Crippen LogP contribution in [0.4, 0.5) is 0 Å². The second-order valence-corrected chi connectivity index (χ2v) is 5.24. The van der Waals surface area contributed by atoms with Crippen LogP contribution >= 0.6 is 12.1 Å². The van der Waals surface area contributed by atoms with Crippen molar-refractivity contribution in [1.29, 1.82) is 5.26 Å². The minimum Gasteiger partial charge on any atom is -0.404 e. The summed E-state index contributed by atoms with van der Waals surface area (Å²) in [6.45, 7) is 0. The average molecular weight is 324 g/mol. The van der Waals surface area contributed by atoms with E-state index in [0.29, 0.717) is 22.5 Å². The summed E-state index contributed by atoms with van der Waals surface area (Å²) in [6.07, 6.45) is 11.9. The molecule has 0 unspecified atom stereocenters. The Bertz CT molecular complexity index is 899. The molecule has 1 aliphatic rings. The highest BCUT2D eigenvalue weighted by Gasteiger charge is 2.16. The lowest BCUT2D eigenvalue weighted by molar-refractivity contribution is 0.876. The van der Waals surface area contributed by atoms with Gasteiger partial charge in [0.05, 0.1) is 29.3 Å². The summed E-state index contributed by atoms with van der Waals surface area (Å²) < 4.78 is 7.16. The van der Waals surface area contributed by atoms with Crippen LogP contribution in [0.2, 0.25) is 0 Å². The molecule has 2 aromatic rings. The molecule has 9 heteroatoms. The van der Waals surface area contributed by atoms with E-state index >= 15 is 0 Å². The predicted molar refractivity (Wildman–Crippen MR) is 91.1 cm³/mol. The number of allylic oxidation sites excluding steroid dienone is 2. The minimum atomic E-state index is 0.625. The highest BCUT2D eigenvalue weighted by Crippen LogP contribution is 2.26. The van der Waals surface area contributed by atoms with E-state index in [0.717, 1.165) is 17.7 Å². The summed E-state index contributed by atoms with van der Waals surface area (Å²) >= 11 is 1.05. The molecule has 0 aliphatic carbocycles. The number of hydrogen-bond acceptors (Lipinski definition) is 8. The maximum absolute atomic E-state index is 9.04. The molecule has 0 atom stereocenters. The lowest BCUT2D eigenvalue weighted by atomic mass is 10.1. The number of nitrogens with zero attached hydrogens (tertiary/aromatic N) is 7. The maximum Gasteiger partial charge on any atom is 0.196 e. The number of aromatic nitrogens is 3. The van der Waals surface area contributed by atoms with Crippen LogP contribution in [0.3, 0.4) is 0 Å². The Morgan fingerprint density at radius 3 is 3.13 bits per heavy atom. The lowest BCUT2D eigenvalue weighted by Gasteiger charge is -2.13. The van der Waals surface area contributed by atoms with E-state index in [1.807, 2.05) is 12.3 Å². The monoisotopic (exact) mass is 324 g/mol. The second-order valence-electron chi connectivity index (χ2n) is 4.47. The number of nitrogens with two attached hydrogens (primary N) is 1. The molecule has 0 bridgehead atoms. The van der Waals surface area contributed by atoms with Crippen molar-refractivity contribution >= 4 is 41.2 Å². The van der Waals surface area contributed by atoms with Crippen LogP contribution in [0.25, 0.3) is 16.7 Å². The van der Waals surface area contributed by atoms with E-state index in [1.54, 1.807) is 42.6 Å². The van der Waals surface area contributed by atoms with Gasteiger partial charge in [0, 0.05) is 43.0 Å². The molecule has 2 aromatic heterocycles. The standard InChI is InChI=1S/C14H12N8S/c1-17-5-10(4-15)12-8-22-13(2-3-18-22)14(20-12)11-6-19-23-21(7-11)9-16/h2-8H,15H2,1H3. The summed E-state index contributed by atoms with van der Waals surface area (Å²) in [5.74, 6) is 0. The topological polar surface area (TPSA) is 108 Å². The van der Waals surface area contributed by atoms with Gasteiger partial charge >= 0.3 is 0 Å². The van der Waals surface area contributed by atoms with Crippen molar-refractivity contribution in [3.63, 3.8) is 0 Å². The summed E-state index contributed by atoms with van der Waals surface area (Å²) in [7, 11) is 1.66. The van der Waals surface area contributed by atoms with Crippen LogP contribution in [0.1, 0.15) is 11.4 Å². The molecule has 2 N–H and O–H groups in total. The third-order valence-electron chi connectivity index (χ3n) is 3.09. The van der Waals surface area contributed by atoms with E-state index < -0.39 is 0 Å². The number of nitriles is 1. The Labute approximate surface area is 136 Å². The predicted octanol–water partition coefficient (Wildman–Crippen LogP) is 1.50. The Morgan fingerprint density at radius 2 is 2.39 bits per heavy atom. The summed E-state index contributed by atoms with van der Waals surface area (Å²) in [5, 5.41) is 13.3.